The second-order valence-corrected chi connectivity index (χ2v) is 3.26. The summed E-state index contributed by atoms with van der Waals surface area (Å²) in [5.74, 6) is -0.793. The van der Waals surface area contributed by atoms with E-state index in [9.17, 15) is 17.6 Å². The van der Waals surface area contributed by atoms with E-state index in [1.807, 2.05) is 0 Å². The van der Waals surface area contributed by atoms with E-state index < -0.39 is 17.5 Å². The molecule has 1 heterocycles. The molecule has 1 unspecified atom stereocenters. The summed E-state index contributed by atoms with van der Waals surface area (Å²) in [6.45, 7) is 0.934. The first-order chi connectivity index (χ1) is 6.81. The Balaban J connectivity index is 3.23. The Labute approximate surface area is 84.3 Å². The summed E-state index contributed by atoms with van der Waals surface area (Å²) in [5.41, 5.74) is -2.54. The molecular weight excluding hydrogens is 212 g/mol. The van der Waals surface area contributed by atoms with Gasteiger partial charge in [-0.3, -0.25) is 4.98 Å². The normalized spacial score (nSPS) is 16.1. The van der Waals surface area contributed by atoms with Gasteiger partial charge in [0.25, 0.3) is 0 Å². The maximum absolute atomic E-state index is 12.8. The molecule has 6 heteroatoms. The topological polar surface area (TPSA) is 24.9 Å². The van der Waals surface area contributed by atoms with Crippen molar-refractivity contribution in [3.8, 4) is 0 Å². The van der Waals surface area contributed by atoms with Crippen LogP contribution in [-0.4, -0.2) is 18.2 Å². The van der Waals surface area contributed by atoms with Gasteiger partial charge in [-0.05, 0) is 20.0 Å². The van der Waals surface area contributed by atoms with Crippen LogP contribution >= 0.6 is 0 Å². The zero-order valence-corrected chi connectivity index (χ0v) is 8.19. The van der Waals surface area contributed by atoms with Gasteiger partial charge in [-0.2, -0.15) is 13.2 Å². The average Bonchev–Trinajstić information content (AvgIpc) is 2.14. The summed E-state index contributed by atoms with van der Waals surface area (Å²) in [6, 6.07) is 0.816. The highest BCUT2D eigenvalue weighted by Crippen LogP contribution is 2.37. The predicted octanol–water partition coefficient (Wildman–Crippen LogP) is 2.22. The van der Waals surface area contributed by atoms with Crippen LogP contribution in [0.15, 0.2) is 18.5 Å². The first kappa shape index (κ1) is 11.9. The van der Waals surface area contributed by atoms with Gasteiger partial charge in [0, 0.05) is 11.8 Å². The fraction of sp³-hybridized carbons (Fsp3) is 0.444. The maximum Gasteiger partial charge on any atom is 0.410 e. The largest absolute Gasteiger partial charge is 0.410 e. The molecule has 1 rings (SSSR count). The second-order valence-electron chi connectivity index (χ2n) is 3.26. The van der Waals surface area contributed by atoms with Gasteiger partial charge < -0.3 is 5.32 Å². The van der Waals surface area contributed by atoms with Crippen molar-refractivity contribution in [2.24, 2.45) is 0 Å². The number of alkyl halides is 3. The van der Waals surface area contributed by atoms with Crippen molar-refractivity contribution in [2.45, 2.75) is 18.6 Å². The van der Waals surface area contributed by atoms with Crippen LogP contribution in [0.25, 0.3) is 0 Å². The summed E-state index contributed by atoms with van der Waals surface area (Å²) in [6.07, 6.45) is -2.67. The molecule has 0 saturated heterocycles. The van der Waals surface area contributed by atoms with Crippen molar-refractivity contribution in [1.29, 1.82) is 0 Å². The van der Waals surface area contributed by atoms with Crippen molar-refractivity contribution in [3.05, 3.63) is 29.8 Å². The van der Waals surface area contributed by atoms with Gasteiger partial charge in [-0.1, -0.05) is 0 Å². The lowest BCUT2D eigenvalue weighted by Crippen LogP contribution is -2.50. The smallest absolute Gasteiger partial charge is 0.303 e. The molecule has 0 radical (unpaired) electrons. The van der Waals surface area contributed by atoms with E-state index in [4.69, 9.17) is 0 Å². The summed E-state index contributed by atoms with van der Waals surface area (Å²) in [5, 5.41) is 2.13. The minimum atomic E-state index is -4.52. The lowest BCUT2D eigenvalue weighted by atomic mass is 9.93. The van der Waals surface area contributed by atoms with Crippen LogP contribution in [0.3, 0.4) is 0 Å². The van der Waals surface area contributed by atoms with E-state index in [2.05, 4.69) is 10.3 Å². The van der Waals surface area contributed by atoms with Crippen molar-refractivity contribution in [1.82, 2.24) is 10.3 Å². The lowest BCUT2D eigenvalue weighted by molar-refractivity contribution is -0.193. The molecule has 1 aromatic rings. The summed E-state index contributed by atoms with van der Waals surface area (Å²) in [4.78, 5) is 3.40. The third-order valence-corrected chi connectivity index (χ3v) is 2.35. The molecule has 2 nitrogen and oxygen atoms in total. The first-order valence-corrected chi connectivity index (χ1v) is 4.18. The van der Waals surface area contributed by atoms with E-state index in [0.717, 1.165) is 25.4 Å². The zero-order valence-electron chi connectivity index (χ0n) is 8.19. The number of nitrogens with zero attached hydrogens (tertiary/aromatic N) is 1. The molecule has 0 saturated carbocycles. The predicted molar refractivity (Wildman–Crippen MR) is 46.7 cm³/mol. The van der Waals surface area contributed by atoms with E-state index in [1.165, 1.54) is 7.05 Å². The molecule has 0 aliphatic carbocycles. The minimum Gasteiger partial charge on any atom is -0.303 e. The van der Waals surface area contributed by atoms with Gasteiger partial charge in [-0.15, -0.1) is 0 Å². The average molecular weight is 222 g/mol. The Kier molecular flexibility index (Phi) is 2.99. The Hall–Kier alpha value is -1.17. The molecule has 0 aliphatic rings. The van der Waals surface area contributed by atoms with Crippen LogP contribution < -0.4 is 5.32 Å². The quantitative estimate of drug-likeness (QED) is 0.776. The van der Waals surface area contributed by atoms with Gasteiger partial charge >= 0.3 is 6.18 Å². The Morgan fingerprint density at radius 2 is 1.87 bits per heavy atom. The molecule has 1 N–H and O–H groups in total. The van der Waals surface area contributed by atoms with Gasteiger partial charge in [-0.25, -0.2) is 4.39 Å². The Bertz CT molecular complexity index is 350. The molecule has 1 atom stereocenters. The number of pyridine rings is 1. The summed E-state index contributed by atoms with van der Waals surface area (Å²) >= 11 is 0. The third kappa shape index (κ3) is 2.09. The van der Waals surface area contributed by atoms with Gasteiger partial charge in [0.2, 0.25) is 0 Å². The van der Waals surface area contributed by atoms with Crippen molar-refractivity contribution in [3.63, 3.8) is 0 Å². The highest BCUT2D eigenvalue weighted by atomic mass is 19.4. The SMILES string of the molecule is CNC(C)(c1cncc(F)c1)C(F)(F)F. The molecule has 0 aliphatic heterocycles. The van der Waals surface area contributed by atoms with Crippen molar-refractivity contribution < 1.29 is 17.6 Å². The first-order valence-electron chi connectivity index (χ1n) is 4.18. The van der Waals surface area contributed by atoms with E-state index in [-0.39, 0.29) is 5.56 Å². The molecule has 84 valence electrons. The van der Waals surface area contributed by atoms with Crippen LogP contribution in [0.4, 0.5) is 17.6 Å². The van der Waals surface area contributed by atoms with E-state index in [0.29, 0.717) is 0 Å². The molecule has 0 bridgehead atoms. The van der Waals surface area contributed by atoms with E-state index in [1.54, 1.807) is 0 Å². The molecule has 0 spiro atoms. The van der Waals surface area contributed by atoms with Crippen LogP contribution in [-0.2, 0) is 5.54 Å². The summed E-state index contributed by atoms with van der Waals surface area (Å²) < 4.78 is 50.9. The highest BCUT2D eigenvalue weighted by molar-refractivity contribution is 5.22. The third-order valence-electron chi connectivity index (χ3n) is 2.35. The lowest BCUT2D eigenvalue weighted by Gasteiger charge is -2.31. The number of hydrogen-bond donors (Lipinski definition) is 1. The van der Waals surface area contributed by atoms with E-state index >= 15 is 0 Å². The molecule has 15 heavy (non-hydrogen) atoms. The maximum atomic E-state index is 12.8. The summed E-state index contributed by atoms with van der Waals surface area (Å²) in [7, 11) is 1.17. The fourth-order valence-electron chi connectivity index (χ4n) is 1.14. The van der Waals surface area contributed by atoms with Gasteiger partial charge in [0.05, 0.1) is 6.20 Å². The number of aromatic nitrogens is 1. The number of hydrogen-bond acceptors (Lipinski definition) is 2. The van der Waals surface area contributed by atoms with Gasteiger partial charge in [0.15, 0.2) is 0 Å². The standard InChI is InChI=1S/C9H10F4N2/c1-8(14-2,9(11,12)13)6-3-7(10)5-15-4-6/h3-5,14H,1-2H3. The molecule has 0 fully saturated rings. The van der Waals surface area contributed by atoms with Crippen LogP contribution in [0.1, 0.15) is 12.5 Å². The zero-order chi connectivity index (χ0) is 11.7. The molecule has 1 aromatic heterocycles. The van der Waals surface area contributed by atoms with Gasteiger partial charge in [0.1, 0.15) is 11.4 Å². The van der Waals surface area contributed by atoms with Crippen molar-refractivity contribution >= 4 is 0 Å². The molecular formula is C9H10F4N2. The minimum absolute atomic E-state index is 0.252. The van der Waals surface area contributed by atoms with Crippen LogP contribution in [0, 0.1) is 5.82 Å². The number of rotatable bonds is 2. The number of nitrogens with one attached hydrogen (secondary N) is 1. The second kappa shape index (κ2) is 3.77. The van der Waals surface area contributed by atoms with Crippen LogP contribution in [0.5, 0.6) is 0 Å². The number of halogens is 4. The Morgan fingerprint density at radius 3 is 2.27 bits per heavy atom. The molecule has 0 aromatic carbocycles. The highest BCUT2D eigenvalue weighted by Gasteiger charge is 2.51. The fourth-order valence-corrected chi connectivity index (χ4v) is 1.14. The monoisotopic (exact) mass is 222 g/mol. The molecule has 0 amide bonds. The van der Waals surface area contributed by atoms with Crippen LogP contribution in [0.2, 0.25) is 0 Å². The van der Waals surface area contributed by atoms with Crippen molar-refractivity contribution in [2.75, 3.05) is 7.05 Å². The Morgan fingerprint density at radius 1 is 1.27 bits per heavy atom.